The van der Waals surface area contributed by atoms with Gasteiger partial charge in [-0.3, -0.25) is 4.90 Å². The molecule has 1 aliphatic heterocycles. The van der Waals surface area contributed by atoms with Crippen LogP contribution in [0.4, 0.5) is 0 Å². The van der Waals surface area contributed by atoms with E-state index >= 15 is 0 Å². The molecule has 1 aliphatic rings. The summed E-state index contributed by atoms with van der Waals surface area (Å²) in [5.74, 6) is 0. The lowest BCUT2D eigenvalue weighted by Crippen LogP contribution is -2.47. The lowest BCUT2D eigenvalue weighted by molar-refractivity contribution is 0.175. The van der Waals surface area contributed by atoms with Crippen molar-refractivity contribution >= 4 is 0 Å². The minimum atomic E-state index is 0.371. The van der Waals surface area contributed by atoms with Gasteiger partial charge in [0.2, 0.25) is 0 Å². The van der Waals surface area contributed by atoms with Gasteiger partial charge >= 0.3 is 0 Å². The molecule has 1 N–H and O–H groups in total. The minimum absolute atomic E-state index is 0.371. The SMILES string of the molecule is Cc1ccc(CN2CCCC(NCC(C)(C)C)C2)c(C)c1. The molecule has 1 fully saturated rings. The summed E-state index contributed by atoms with van der Waals surface area (Å²) in [5, 5.41) is 3.76. The number of hydrogen-bond donors (Lipinski definition) is 1. The Morgan fingerprint density at radius 3 is 2.67 bits per heavy atom. The fourth-order valence-electron chi connectivity index (χ4n) is 3.08. The Kier molecular flexibility index (Phi) is 5.45. The molecule has 0 amide bonds. The summed E-state index contributed by atoms with van der Waals surface area (Å²) in [6.07, 6.45) is 2.63. The smallest absolute Gasteiger partial charge is 0.0237 e. The van der Waals surface area contributed by atoms with Gasteiger partial charge in [-0.05, 0) is 49.8 Å². The van der Waals surface area contributed by atoms with Crippen LogP contribution in [-0.2, 0) is 6.54 Å². The van der Waals surface area contributed by atoms with Crippen molar-refractivity contribution < 1.29 is 0 Å². The molecule has 0 aliphatic carbocycles. The first-order valence-electron chi connectivity index (χ1n) is 8.35. The molecule has 0 spiro atoms. The molecule has 1 unspecified atom stereocenters. The number of rotatable bonds is 4. The van der Waals surface area contributed by atoms with E-state index in [2.05, 4.69) is 63.0 Å². The molecule has 1 aromatic rings. The zero-order chi connectivity index (χ0) is 15.5. The monoisotopic (exact) mass is 288 g/mol. The fraction of sp³-hybridized carbons (Fsp3) is 0.684. The minimum Gasteiger partial charge on any atom is -0.312 e. The molecule has 1 heterocycles. The van der Waals surface area contributed by atoms with Gasteiger partial charge in [0.1, 0.15) is 0 Å². The highest BCUT2D eigenvalue weighted by atomic mass is 15.2. The van der Waals surface area contributed by atoms with Crippen LogP contribution in [-0.4, -0.2) is 30.6 Å². The summed E-state index contributed by atoms with van der Waals surface area (Å²) in [5.41, 5.74) is 4.65. The van der Waals surface area contributed by atoms with Crippen LogP contribution in [0.15, 0.2) is 18.2 Å². The molecule has 0 bridgehead atoms. The van der Waals surface area contributed by atoms with E-state index in [1.165, 1.54) is 42.6 Å². The summed E-state index contributed by atoms with van der Waals surface area (Å²) in [6.45, 7) is 15.9. The molecule has 0 saturated carbocycles. The second kappa shape index (κ2) is 6.93. The van der Waals surface area contributed by atoms with Crippen molar-refractivity contribution in [1.82, 2.24) is 10.2 Å². The van der Waals surface area contributed by atoms with Crippen molar-refractivity contribution in [1.29, 1.82) is 0 Å². The first kappa shape index (κ1) is 16.5. The van der Waals surface area contributed by atoms with Crippen LogP contribution in [0.25, 0.3) is 0 Å². The van der Waals surface area contributed by atoms with E-state index in [1.54, 1.807) is 0 Å². The predicted octanol–water partition coefficient (Wildman–Crippen LogP) is 3.90. The van der Waals surface area contributed by atoms with Gasteiger partial charge in [-0.25, -0.2) is 0 Å². The number of hydrogen-bond acceptors (Lipinski definition) is 2. The van der Waals surface area contributed by atoms with Crippen LogP contribution in [0.2, 0.25) is 0 Å². The molecule has 2 heteroatoms. The van der Waals surface area contributed by atoms with Crippen molar-refractivity contribution in [3.63, 3.8) is 0 Å². The maximum Gasteiger partial charge on any atom is 0.0237 e. The molecule has 1 aromatic carbocycles. The third kappa shape index (κ3) is 5.44. The summed E-state index contributed by atoms with van der Waals surface area (Å²) < 4.78 is 0. The second-order valence-corrected chi connectivity index (χ2v) is 7.95. The van der Waals surface area contributed by atoms with Crippen LogP contribution < -0.4 is 5.32 Å². The van der Waals surface area contributed by atoms with E-state index in [0.717, 1.165) is 13.1 Å². The normalized spacial score (nSPS) is 20.7. The van der Waals surface area contributed by atoms with Crippen LogP contribution in [0.5, 0.6) is 0 Å². The van der Waals surface area contributed by atoms with E-state index in [9.17, 15) is 0 Å². The van der Waals surface area contributed by atoms with Gasteiger partial charge in [0.25, 0.3) is 0 Å². The summed E-state index contributed by atoms with van der Waals surface area (Å²) >= 11 is 0. The first-order valence-corrected chi connectivity index (χ1v) is 8.35. The molecular weight excluding hydrogens is 256 g/mol. The summed E-state index contributed by atoms with van der Waals surface area (Å²) in [7, 11) is 0. The van der Waals surface area contributed by atoms with Crippen LogP contribution in [0.3, 0.4) is 0 Å². The Hall–Kier alpha value is -0.860. The van der Waals surface area contributed by atoms with Crippen molar-refractivity contribution in [3.05, 3.63) is 34.9 Å². The molecular formula is C19H32N2. The van der Waals surface area contributed by atoms with Gasteiger partial charge in [-0.1, -0.05) is 44.5 Å². The number of piperidine rings is 1. The Balaban J connectivity index is 1.89. The van der Waals surface area contributed by atoms with Crippen molar-refractivity contribution in [2.45, 2.75) is 60.0 Å². The van der Waals surface area contributed by atoms with Gasteiger partial charge in [-0.15, -0.1) is 0 Å². The number of likely N-dealkylation sites (tertiary alicyclic amines) is 1. The lowest BCUT2D eigenvalue weighted by Gasteiger charge is -2.35. The van der Waals surface area contributed by atoms with E-state index in [0.29, 0.717) is 11.5 Å². The third-order valence-electron chi connectivity index (χ3n) is 4.32. The van der Waals surface area contributed by atoms with Crippen molar-refractivity contribution in [3.8, 4) is 0 Å². The predicted molar refractivity (Wildman–Crippen MR) is 91.7 cm³/mol. The molecule has 21 heavy (non-hydrogen) atoms. The Morgan fingerprint density at radius 2 is 2.00 bits per heavy atom. The average Bonchev–Trinajstić information content (AvgIpc) is 2.39. The van der Waals surface area contributed by atoms with Gasteiger partial charge in [0.05, 0.1) is 0 Å². The highest BCUT2D eigenvalue weighted by Crippen LogP contribution is 2.18. The summed E-state index contributed by atoms with van der Waals surface area (Å²) in [6, 6.07) is 7.50. The Morgan fingerprint density at radius 1 is 1.24 bits per heavy atom. The van der Waals surface area contributed by atoms with Gasteiger partial charge in [0.15, 0.2) is 0 Å². The standard InChI is InChI=1S/C19H32N2/c1-15-8-9-17(16(2)11-15)12-21-10-6-7-18(13-21)20-14-19(3,4)5/h8-9,11,18,20H,6-7,10,12-14H2,1-5H3. The zero-order valence-corrected chi connectivity index (χ0v) is 14.5. The molecule has 1 saturated heterocycles. The Bertz CT molecular complexity index is 459. The number of aryl methyl sites for hydroxylation is 2. The van der Waals surface area contributed by atoms with Gasteiger partial charge < -0.3 is 5.32 Å². The van der Waals surface area contributed by atoms with Crippen molar-refractivity contribution in [2.24, 2.45) is 5.41 Å². The fourth-order valence-corrected chi connectivity index (χ4v) is 3.08. The zero-order valence-electron chi connectivity index (χ0n) is 14.5. The topological polar surface area (TPSA) is 15.3 Å². The second-order valence-electron chi connectivity index (χ2n) is 7.95. The number of nitrogens with one attached hydrogen (secondary N) is 1. The van der Waals surface area contributed by atoms with Crippen LogP contribution >= 0.6 is 0 Å². The van der Waals surface area contributed by atoms with Gasteiger partial charge in [0, 0.05) is 25.7 Å². The first-order chi connectivity index (χ1) is 9.83. The molecule has 118 valence electrons. The molecule has 0 radical (unpaired) electrons. The maximum atomic E-state index is 3.76. The Labute approximate surface area is 130 Å². The van der Waals surface area contributed by atoms with E-state index in [1.807, 2.05) is 0 Å². The molecule has 2 nitrogen and oxygen atoms in total. The van der Waals surface area contributed by atoms with Crippen LogP contribution in [0.1, 0.15) is 50.3 Å². The lowest BCUT2D eigenvalue weighted by atomic mass is 9.95. The quantitative estimate of drug-likeness (QED) is 0.904. The third-order valence-corrected chi connectivity index (χ3v) is 4.32. The average molecular weight is 288 g/mol. The molecule has 2 rings (SSSR count). The van der Waals surface area contributed by atoms with E-state index < -0.39 is 0 Å². The van der Waals surface area contributed by atoms with E-state index in [-0.39, 0.29) is 0 Å². The molecule has 0 aromatic heterocycles. The van der Waals surface area contributed by atoms with Crippen molar-refractivity contribution in [2.75, 3.05) is 19.6 Å². The van der Waals surface area contributed by atoms with Crippen LogP contribution in [0, 0.1) is 19.3 Å². The summed E-state index contributed by atoms with van der Waals surface area (Å²) in [4.78, 5) is 2.61. The van der Waals surface area contributed by atoms with Gasteiger partial charge in [-0.2, -0.15) is 0 Å². The maximum absolute atomic E-state index is 3.76. The highest BCUT2D eigenvalue weighted by Gasteiger charge is 2.21. The number of benzene rings is 1. The largest absolute Gasteiger partial charge is 0.312 e. The molecule has 1 atom stereocenters. The highest BCUT2D eigenvalue weighted by molar-refractivity contribution is 5.30. The number of nitrogens with zero attached hydrogens (tertiary/aromatic N) is 1. The van der Waals surface area contributed by atoms with E-state index in [4.69, 9.17) is 0 Å².